The summed E-state index contributed by atoms with van der Waals surface area (Å²) in [5, 5.41) is 0. The number of carbonyl (C=O) groups excluding carboxylic acids is 2. The van der Waals surface area contributed by atoms with E-state index in [-0.39, 0.29) is 23.3 Å². The van der Waals surface area contributed by atoms with Crippen LogP contribution in [-0.4, -0.2) is 40.2 Å². The highest BCUT2D eigenvalue weighted by atomic mass is 16.5. The number of rotatable bonds is 5. The summed E-state index contributed by atoms with van der Waals surface area (Å²) in [6.07, 6.45) is 7.26. The number of benzene rings is 2. The molecule has 1 unspecified atom stereocenters. The molecule has 1 atom stereocenters. The molecule has 2 aromatic carbocycles. The molecule has 5 rings (SSSR count). The van der Waals surface area contributed by atoms with E-state index in [4.69, 9.17) is 9.73 Å². The summed E-state index contributed by atoms with van der Waals surface area (Å²) in [5.74, 6) is 0.174. The van der Waals surface area contributed by atoms with Crippen molar-refractivity contribution < 1.29 is 14.3 Å². The highest BCUT2D eigenvalue weighted by Crippen LogP contribution is 2.49. The summed E-state index contributed by atoms with van der Waals surface area (Å²) in [4.78, 5) is 37.6. The molecule has 1 aliphatic heterocycles. The number of pyridine rings is 1. The zero-order chi connectivity index (χ0) is 27.8. The van der Waals surface area contributed by atoms with Gasteiger partial charge in [-0.05, 0) is 91.0 Å². The maximum absolute atomic E-state index is 14.3. The Balaban J connectivity index is 1.52. The summed E-state index contributed by atoms with van der Waals surface area (Å²) < 4.78 is 4.86. The predicted molar refractivity (Wildman–Crippen MR) is 153 cm³/mol. The van der Waals surface area contributed by atoms with Crippen LogP contribution in [0.3, 0.4) is 0 Å². The molecule has 2 heterocycles. The molecule has 1 saturated carbocycles. The van der Waals surface area contributed by atoms with Crippen molar-refractivity contribution >= 4 is 17.6 Å². The molecule has 202 valence electrons. The summed E-state index contributed by atoms with van der Waals surface area (Å²) in [6.45, 7) is 8.97. The van der Waals surface area contributed by atoms with E-state index in [0.29, 0.717) is 17.2 Å². The summed E-state index contributed by atoms with van der Waals surface area (Å²) in [5.41, 5.74) is 4.54. The summed E-state index contributed by atoms with van der Waals surface area (Å²) >= 11 is 0. The molecule has 1 aliphatic carbocycles. The second kappa shape index (κ2) is 10.4. The van der Waals surface area contributed by atoms with Crippen molar-refractivity contribution in [3.05, 3.63) is 89.7 Å². The van der Waals surface area contributed by atoms with Crippen molar-refractivity contribution in [2.24, 2.45) is 16.3 Å². The first kappa shape index (κ1) is 26.8. The summed E-state index contributed by atoms with van der Waals surface area (Å²) in [7, 11) is 1.38. The van der Waals surface area contributed by atoms with Crippen molar-refractivity contribution in [1.82, 2.24) is 9.88 Å². The lowest BCUT2D eigenvalue weighted by Gasteiger charge is -2.46. The van der Waals surface area contributed by atoms with Crippen LogP contribution in [0.5, 0.6) is 0 Å². The van der Waals surface area contributed by atoms with Crippen molar-refractivity contribution in [2.75, 3.05) is 7.11 Å². The molecule has 6 heteroatoms. The fourth-order valence-electron chi connectivity index (χ4n) is 6.19. The third-order valence-corrected chi connectivity index (χ3v) is 8.55. The maximum Gasteiger partial charge on any atom is 0.337 e. The number of hydrogen-bond acceptors (Lipinski definition) is 5. The van der Waals surface area contributed by atoms with Crippen LogP contribution in [0.4, 0.5) is 0 Å². The highest BCUT2D eigenvalue weighted by Gasteiger charge is 2.51. The topological polar surface area (TPSA) is 71.9 Å². The van der Waals surface area contributed by atoms with Gasteiger partial charge in [0.05, 0.1) is 18.7 Å². The average molecular weight is 524 g/mol. The molecule has 1 amide bonds. The molecule has 39 heavy (non-hydrogen) atoms. The number of methoxy groups -OCH3 is 1. The van der Waals surface area contributed by atoms with E-state index in [0.717, 1.165) is 47.9 Å². The quantitative estimate of drug-likeness (QED) is 0.343. The van der Waals surface area contributed by atoms with Gasteiger partial charge >= 0.3 is 5.97 Å². The lowest BCUT2D eigenvalue weighted by molar-refractivity contribution is -0.132. The molecule has 0 N–H and O–H groups in total. The van der Waals surface area contributed by atoms with Crippen molar-refractivity contribution in [1.29, 1.82) is 0 Å². The molecule has 3 aromatic rings. The van der Waals surface area contributed by atoms with E-state index >= 15 is 0 Å². The minimum Gasteiger partial charge on any atom is -0.465 e. The third kappa shape index (κ3) is 5.12. The van der Waals surface area contributed by atoms with Gasteiger partial charge in [0.1, 0.15) is 11.4 Å². The van der Waals surface area contributed by atoms with Gasteiger partial charge in [0.15, 0.2) is 0 Å². The smallest absolute Gasteiger partial charge is 0.337 e. The van der Waals surface area contributed by atoms with E-state index in [1.54, 1.807) is 24.5 Å². The Morgan fingerprint density at radius 2 is 1.62 bits per heavy atom. The van der Waals surface area contributed by atoms with E-state index in [9.17, 15) is 9.59 Å². The Labute approximate surface area is 231 Å². The van der Waals surface area contributed by atoms with Gasteiger partial charge in [-0.3, -0.25) is 14.8 Å². The van der Waals surface area contributed by atoms with E-state index < -0.39 is 5.66 Å². The normalized spacial score (nSPS) is 22.1. The number of esters is 1. The monoisotopic (exact) mass is 523 g/mol. The fraction of sp³-hybridized carbons (Fsp3) is 0.394. The molecular formula is C33H37N3O3. The molecule has 1 aromatic heterocycles. The minimum absolute atomic E-state index is 0.0411. The van der Waals surface area contributed by atoms with Gasteiger partial charge in [0.25, 0.3) is 5.91 Å². The maximum atomic E-state index is 14.3. The molecule has 0 bridgehead atoms. The molecular weight excluding hydrogens is 486 g/mol. The lowest BCUT2D eigenvalue weighted by atomic mass is 9.69. The van der Waals surface area contributed by atoms with Gasteiger partial charge in [-0.15, -0.1) is 0 Å². The Kier molecular flexibility index (Phi) is 7.15. The van der Waals surface area contributed by atoms with Crippen LogP contribution in [0.2, 0.25) is 0 Å². The van der Waals surface area contributed by atoms with Gasteiger partial charge in [-0.1, -0.05) is 51.1 Å². The van der Waals surface area contributed by atoms with Crippen LogP contribution in [0.15, 0.2) is 78.0 Å². The number of amides is 1. The largest absolute Gasteiger partial charge is 0.465 e. The SMILES string of the molecule is COC(=O)c1ccc(C(C)N2C(=O)C(c3cccc(-c4ccncc4)c3)=NC23CCC(C(C)(C)C)CC3)cc1. The number of nitrogens with zero attached hydrogens (tertiary/aromatic N) is 3. The van der Waals surface area contributed by atoms with Crippen molar-refractivity contribution in [3.8, 4) is 11.1 Å². The standard InChI is InChI=1S/C33H37N3O3/c1-22(23-9-11-25(12-10-23)31(38)39-5)36-30(37)29(35-33(36)17-13-28(14-18-33)32(2,3)4)27-8-6-7-26(21-27)24-15-19-34-20-16-24/h6-12,15-16,19-22,28H,13-14,17-18H2,1-5H3. The predicted octanol–water partition coefficient (Wildman–Crippen LogP) is 6.86. The van der Waals surface area contributed by atoms with Crippen LogP contribution in [0.25, 0.3) is 11.1 Å². The average Bonchev–Trinajstić information content (AvgIpc) is 3.23. The van der Waals surface area contributed by atoms with Gasteiger partial charge in [-0.2, -0.15) is 0 Å². The number of aliphatic imine (C=N–C) groups is 1. The second-order valence-corrected chi connectivity index (χ2v) is 11.9. The number of carbonyl (C=O) groups is 2. The van der Waals surface area contributed by atoms with Gasteiger partial charge in [-0.25, -0.2) is 4.79 Å². The lowest BCUT2D eigenvalue weighted by Crippen LogP contribution is -2.50. The van der Waals surface area contributed by atoms with Crippen LogP contribution < -0.4 is 0 Å². The van der Waals surface area contributed by atoms with Gasteiger partial charge in [0.2, 0.25) is 0 Å². The Morgan fingerprint density at radius 3 is 2.23 bits per heavy atom. The highest BCUT2D eigenvalue weighted by molar-refractivity contribution is 6.47. The van der Waals surface area contributed by atoms with Crippen LogP contribution in [0.1, 0.15) is 80.9 Å². The first-order valence-corrected chi connectivity index (χ1v) is 13.8. The first-order valence-electron chi connectivity index (χ1n) is 13.8. The number of ether oxygens (including phenoxy) is 1. The molecule has 1 fully saturated rings. The van der Waals surface area contributed by atoms with Crippen LogP contribution in [0, 0.1) is 11.3 Å². The Bertz CT molecular complexity index is 1380. The van der Waals surface area contributed by atoms with E-state index in [1.807, 2.05) is 47.4 Å². The number of hydrogen-bond donors (Lipinski definition) is 0. The zero-order valence-corrected chi connectivity index (χ0v) is 23.5. The van der Waals surface area contributed by atoms with E-state index in [1.165, 1.54) is 7.11 Å². The first-order chi connectivity index (χ1) is 18.6. The molecule has 0 saturated heterocycles. The Hall–Kier alpha value is -3.80. The van der Waals surface area contributed by atoms with Gasteiger partial charge < -0.3 is 9.64 Å². The van der Waals surface area contributed by atoms with Crippen molar-refractivity contribution in [3.63, 3.8) is 0 Å². The molecule has 2 aliphatic rings. The minimum atomic E-state index is -0.582. The Morgan fingerprint density at radius 1 is 0.974 bits per heavy atom. The van der Waals surface area contributed by atoms with Crippen LogP contribution in [-0.2, 0) is 9.53 Å². The molecule has 6 nitrogen and oxygen atoms in total. The molecule has 0 radical (unpaired) electrons. The summed E-state index contributed by atoms with van der Waals surface area (Å²) in [6, 6.07) is 19.2. The number of aromatic nitrogens is 1. The zero-order valence-electron chi connectivity index (χ0n) is 23.5. The van der Waals surface area contributed by atoms with Crippen molar-refractivity contribution in [2.45, 2.75) is 65.1 Å². The van der Waals surface area contributed by atoms with E-state index in [2.05, 4.69) is 38.7 Å². The van der Waals surface area contributed by atoms with Gasteiger partial charge in [0, 0.05) is 18.0 Å². The third-order valence-electron chi connectivity index (χ3n) is 8.55. The second-order valence-electron chi connectivity index (χ2n) is 11.9. The van der Waals surface area contributed by atoms with Crippen LogP contribution >= 0.6 is 0 Å². The molecule has 1 spiro atoms. The fourth-order valence-corrected chi connectivity index (χ4v) is 6.19.